The van der Waals surface area contributed by atoms with E-state index in [0.29, 0.717) is 19.1 Å². The third-order valence-corrected chi connectivity index (χ3v) is 7.06. The van der Waals surface area contributed by atoms with Gasteiger partial charge in [-0.05, 0) is 39.0 Å². The van der Waals surface area contributed by atoms with Crippen LogP contribution < -0.4 is 4.74 Å². The summed E-state index contributed by atoms with van der Waals surface area (Å²) >= 11 is 5.47. The molecule has 0 aliphatic carbocycles. The highest BCUT2D eigenvalue weighted by Crippen LogP contribution is 2.39. The van der Waals surface area contributed by atoms with Crippen LogP contribution in [-0.2, 0) is 17.7 Å². The normalized spacial score (nSPS) is 11.5. The Morgan fingerprint density at radius 1 is 1.16 bits per heavy atom. The number of halogens is 1. The lowest BCUT2D eigenvalue weighted by Crippen LogP contribution is -2.07. The van der Waals surface area contributed by atoms with Crippen molar-refractivity contribution in [2.75, 3.05) is 20.8 Å². The number of fused-ring (bicyclic) bond motifs is 1. The predicted octanol–water partition coefficient (Wildman–Crippen LogP) is 6.29. The van der Waals surface area contributed by atoms with Gasteiger partial charge in [-0.25, -0.2) is 9.97 Å². The molecule has 2 heterocycles. The zero-order valence-electron chi connectivity index (χ0n) is 18.2. The number of hydrogen-bond donors (Lipinski definition) is 0. The molecule has 162 valence electrons. The maximum Gasteiger partial charge on any atom is 0.145 e. The first kappa shape index (κ1) is 22.0. The van der Waals surface area contributed by atoms with E-state index in [0.717, 1.165) is 49.6 Å². The van der Waals surface area contributed by atoms with Gasteiger partial charge in [-0.1, -0.05) is 38.1 Å². The van der Waals surface area contributed by atoms with Gasteiger partial charge in [0.05, 0.1) is 18.7 Å². The van der Waals surface area contributed by atoms with Gasteiger partial charge in [0.25, 0.3) is 0 Å². The monoisotopic (exact) mass is 499 g/mol. The summed E-state index contributed by atoms with van der Waals surface area (Å²) < 4.78 is 14.4. The van der Waals surface area contributed by atoms with E-state index in [1.165, 1.54) is 5.56 Å². The van der Waals surface area contributed by atoms with E-state index < -0.39 is 0 Å². The van der Waals surface area contributed by atoms with Crippen LogP contribution in [0.1, 0.15) is 35.9 Å². The molecule has 0 bridgehead atoms. The molecule has 31 heavy (non-hydrogen) atoms. The van der Waals surface area contributed by atoms with Crippen LogP contribution in [0.15, 0.2) is 46.4 Å². The molecular formula is C24H26BrN3O2S. The molecule has 0 saturated heterocycles. The van der Waals surface area contributed by atoms with E-state index in [2.05, 4.69) is 69.7 Å². The van der Waals surface area contributed by atoms with Crippen molar-refractivity contribution in [1.82, 2.24) is 14.5 Å². The molecule has 0 N–H and O–H groups in total. The molecule has 0 atom stereocenters. The zero-order valence-corrected chi connectivity index (χ0v) is 20.6. The number of methoxy groups -OCH3 is 2. The molecule has 2 aromatic carbocycles. The Hall–Kier alpha value is -2.22. The molecular weight excluding hydrogens is 474 g/mol. The van der Waals surface area contributed by atoms with Gasteiger partial charge in [0.15, 0.2) is 0 Å². The molecule has 0 aliphatic rings. The molecule has 0 amide bonds. The van der Waals surface area contributed by atoms with Gasteiger partial charge < -0.3 is 14.0 Å². The highest BCUT2D eigenvalue weighted by Gasteiger charge is 2.21. The average Bonchev–Trinajstić information content (AvgIpc) is 3.42. The summed E-state index contributed by atoms with van der Waals surface area (Å²) in [5.41, 5.74) is 5.36. The third-order valence-electron chi connectivity index (χ3n) is 5.40. The molecule has 4 rings (SSSR count). The Morgan fingerprint density at radius 3 is 2.55 bits per heavy atom. The van der Waals surface area contributed by atoms with Gasteiger partial charge in [0, 0.05) is 41.7 Å². The van der Waals surface area contributed by atoms with Crippen LogP contribution in [0.5, 0.6) is 5.75 Å². The lowest BCUT2D eigenvalue weighted by molar-refractivity contribution is 0.188. The number of ether oxygens (including phenoxy) is 2. The molecule has 5 nitrogen and oxygen atoms in total. The summed E-state index contributed by atoms with van der Waals surface area (Å²) in [6.07, 6.45) is 2.57. The first-order valence-corrected chi connectivity index (χ1v) is 11.9. The standard InChI is InChI=1S/C24H26BrN3O2S/c1-15(2)16-5-7-17(8-6-16)24-27-22-21(25)18(14-20-26-9-12-31-20)13-19(30-4)23(22)28(24)10-11-29-3/h5-9,12-13,15H,10-11,14H2,1-4H3. The van der Waals surface area contributed by atoms with E-state index in [9.17, 15) is 0 Å². The number of thiazole rings is 1. The van der Waals surface area contributed by atoms with Gasteiger partial charge in [0.1, 0.15) is 22.6 Å². The predicted molar refractivity (Wildman–Crippen MR) is 130 cm³/mol. The van der Waals surface area contributed by atoms with E-state index in [1.807, 2.05) is 11.6 Å². The van der Waals surface area contributed by atoms with E-state index >= 15 is 0 Å². The van der Waals surface area contributed by atoms with Crippen molar-refractivity contribution in [1.29, 1.82) is 0 Å². The number of aromatic nitrogens is 3. The summed E-state index contributed by atoms with van der Waals surface area (Å²) in [5, 5.41) is 3.06. The maximum absolute atomic E-state index is 5.82. The molecule has 2 aromatic heterocycles. The molecule has 7 heteroatoms. The maximum atomic E-state index is 5.82. The minimum absolute atomic E-state index is 0.490. The van der Waals surface area contributed by atoms with Crippen molar-refractivity contribution in [3.05, 3.63) is 62.5 Å². The fourth-order valence-corrected chi connectivity index (χ4v) is 4.89. The number of hydrogen-bond acceptors (Lipinski definition) is 5. The fraction of sp³-hybridized carbons (Fsp3) is 0.333. The van der Waals surface area contributed by atoms with Crippen molar-refractivity contribution in [3.8, 4) is 17.1 Å². The van der Waals surface area contributed by atoms with Crippen LogP contribution in [-0.4, -0.2) is 35.4 Å². The van der Waals surface area contributed by atoms with Gasteiger partial charge in [-0.3, -0.25) is 0 Å². The zero-order chi connectivity index (χ0) is 22.0. The highest BCUT2D eigenvalue weighted by atomic mass is 79.9. The van der Waals surface area contributed by atoms with Gasteiger partial charge in [-0.2, -0.15) is 0 Å². The molecule has 0 fully saturated rings. The van der Waals surface area contributed by atoms with Crippen molar-refractivity contribution in [2.24, 2.45) is 0 Å². The Bertz CT molecular complexity index is 1170. The third kappa shape index (κ3) is 4.40. The van der Waals surface area contributed by atoms with Crippen LogP contribution in [0.2, 0.25) is 0 Å². The molecule has 0 unspecified atom stereocenters. The van der Waals surface area contributed by atoms with Gasteiger partial charge >= 0.3 is 0 Å². The van der Waals surface area contributed by atoms with Crippen LogP contribution >= 0.6 is 27.3 Å². The minimum Gasteiger partial charge on any atom is -0.494 e. The summed E-state index contributed by atoms with van der Waals surface area (Å²) in [6, 6.07) is 10.7. The summed E-state index contributed by atoms with van der Waals surface area (Å²) in [7, 11) is 3.43. The van der Waals surface area contributed by atoms with Crippen molar-refractivity contribution >= 4 is 38.3 Å². The van der Waals surface area contributed by atoms with Gasteiger partial charge in [0.2, 0.25) is 0 Å². The first-order valence-electron chi connectivity index (χ1n) is 10.3. The van der Waals surface area contributed by atoms with Crippen molar-refractivity contribution in [3.63, 3.8) is 0 Å². The molecule has 0 radical (unpaired) electrons. The van der Waals surface area contributed by atoms with Crippen LogP contribution in [0.4, 0.5) is 0 Å². The molecule has 4 aromatic rings. The first-order chi connectivity index (χ1) is 15.0. The molecule has 0 saturated carbocycles. The lowest BCUT2D eigenvalue weighted by Gasteiger charge is -2.13. The number of nitrogens with zero attached hydrogens (tertiary/aromatic N) is 3. The van der Waals surface area contributed by atoms with E-state index in [1.54, 1.807) is 25.6 Å². The molecule has 0 spiro atoms. The average molecular weight is 500 g/mol. The Morgan fingerprint density at radius 2 is 1.94 bits per heavy atom. The highest BCUT2D eigenvalue weighted by molar-refractivity contribution is 9.10. The SMILES string of the molecule is COCCn1c(-c2ccc(C(C)C)cc2)nc2c(Br)c(Cc3nccs3)cc(OC)c21. The number of benzene rings is 2. The summed E-state index contributed by atoms with van der Waals surface area (Å²) in [6.45, 7) is 5.68. The van der Waals surface area contributed by atoms with Crippen LogP contribution in [0.25, 0.3) is 22.4 Å². The second-order valence-corrected chi connectivity index (χ2v) is 9.48. The Kier molecular flexibility index (Phi) is 6.74. The lowest BCUT2D eigenvalue weighted by atomic mass is 10.0. The number of imidazole rings is 1. The quantitative estimate of drug-likeness (QED) is 0.285. The minimum atomic E-state index is 0.490. The topological polar surface area (TPSA) is 49.2 Å². The second kappa shape index (κ2) is 9.51. The van der Waals surface area contributed by atoms with Gasteiger partial charge in [-0.15, -0.1) is 11.3 Å². The fourth-order valence-electron chi connectivity index (χ4n) is 3.72. The Balaban J connectivity index is 1.90. The molecule has 0 aliphatic heterocycles. The number of rotatable bonds is 8. The Labute approximate surface area is 195 Å². The van der Waals surface area contributed by atoms with Crippen molar-refractivity contribution in [2.45, 2.75) is 32.7 Å². The van der Waals surface area contributed by atoms with Crippen molar-refractivity contribution < 1.29 is 9.47 Å². The van der Waals surface area contributed by atoms with E-state index in [-0.39, 0.29) is 0 Å². The van der Waals surface area contributed by atoms with Crippen LogP contribution in [0, 0.1) is 0 Å². The van der Waals surface area contributed by atoms with Crippen LogP contribution in [0.3, 0.4) is 0 Å². The second-order valence-electron chi connectivity index (χ2n) is 7.71. The smallest absolute Gasteiger partial charge is 0.145 e. The largest absolute Gasteiger partial charge is 0.494 e. The van der Waals surface area contributed by atoms with E-state index in [4.69, 9.17) is 14.5 Å². The summed E-state index contributed by atoms with van der Waals surface area (Å²) in [4.78, 5) is 9.51. The summed E-state index contributed by atoms with van der Waals surface area (Å²) in [5.74, 6) is 2.20.